The van der Waals surface area contributed by atoms with Crippen molar-refractivity contribution < 1.29 is 5.11 Å². The number of aliphatic hydroxyl groups is 1. The highest BCUT2D eigenvalue weighted by Crippen LogP contribution is 2.20. The van der Waals surface area contributed by atoms with Crippen LogP contribution in [0.15, 0.2) is 35.3 Å². The average molecular weight is 295 g/mol. The zero-order valence-electron chi connectivity index (χ0n) is 9.56. The Morgan fingerprint density at radius 3 is 2.82 bits per heavy atom. The summed E-state index contributed by atoms with van der Waals surface area (Å²) in [7, 11) is 0. The van der Waals surface area contributed by atoms with Crippen molar-refractivity contribution in [2.45, 2.75) is 6.54 Å². The lowest BCUT2D eigenvalue weighted by molar-refractivity contribution is 0.203. The topological polar surface area (TPSA) is 47.3 Å². The van der Waals surface area contributed by atoms with Gasteiger partial charge in [-0.15, -0.1) is 6.58 Å². The van der Waals surface area contributed by atoms with Crippen LogP contribution in [0.3, 0.4) is 0 Å². The quantitative estimate of drug-likeness (QED) is 0.819. The van der Waals surface area contributed by atoms with Crippen LogP contribution in [0, 0.1) is 11.3 Å². The summed E-state index contributed by atoms with van der Waals surface area (Å²) in [6, 6.07) is 7.63. The summed E-state index contributed by atoms with van der Waals surface area (Å²) < 4.78 is 0.920. The van der Waals surface area contributed by atoms with Gasteiger partial charge < -0.3 is 5.11 Å². The Kier molecular flexibility index (Phi) is 5.92. The SMILES string of the molecule is C=CCN(CCO)Cc1ccc(C#N)cc1Br. The molecule has 4 heteroatoms. The van der Waals surface area contributed by atoms with Gasteiger partial charge in [-0.25, -0.2) is 0 Å². The lowest BCUT2D eigenvalue weighted by Gasteiger charge is -2.20. The summed E-state index contributed by atoms with van der Waals surface area (Å²) in [5.74, 6) is 0. The molecule has 0 heterocycles. The lowest BCUT2D eigenvalue weighted by Crippen LogP contribution is -2.26. The standard InChI is InChI=1S/C13H15BrN2O/c1-2-5-16(6-7-17)10-12-4-3-11(9-15)8-13(12)14/h2-4,8,17H,1,5-7,10H2. The number of halogens is 1. The highest BCUT2D eigenvalue weighted by molar-refractivity contribution is 9.10. The van der Waals surface area contributed by atoms with Crippen molar-refractivity contribution in [3.8, 4) is 6.07 Å². The Bertz CT molecular complexity index is 426. The molecule has 1 aromatic rings. The molecular formula is C13H15BrN2O. The molecule has 1 aromatic carbocycles. The minimum atomic E-state index is 0.127. The van der Waals surface area contributed by atoms with Crippen molar-refractivity contribution >= 4 is 15.9 Å². The lowest BCUT2D eigenvalue weighted by atomic mass is 10.1. The second-order valence-electron chi connectivity index (χ2n) is 3.67. The minimum Gasteiger partial charge on any atom is -0.395 e. The molecule has 0 saturated heterocycles. The first kappa shape index (κ1) is 13.9. The van der Waals surface area contributed by atoms with E-state index >= 15 is 0 Å². The van der Waals surface area contributed by atoms with Crippen LogP contribution >= 0.6 is 15.9 Å². The predicted molar refractivity (Wildman–Crippen MR) is 71.4 cm³/mol. The van der Waals surface area contributed by atoms with E-state index in [1.807, 2.05) is 12.1 Å². The van der Waals surface area contributed by atoms with Crippen LogP contribution in [-0.2, 0) is 6.54 Å². The fourth-order valence-electron chi connectivity index (χ4n) is 1.54. The van der Waals surface area contributed by atoms with Crippen LogP contribution in [0.2, 0.25) is 0 Å². The van der Waals surface area contributed by atoms with Crippen LogP contribution in [-0.4, -0.2) is 29.7 Å². The van der Waals surface area contributed by atoms with Gasteiger partial charge in [0.2, 0.25) is 0 Å². The first-order valence-electron chi connectivity index (χ1n) is 5.34. The number of rotatable bonds is 6. The van der Waals surface area contributed by atoms with Crippen molar-refractivity contribution in [2.75, 3.05) is 19.7 Å². The molecule has 0 spiro atoms. The number of benzene rings is 1. The molecule has 90 valence electrons. The Morgan fingerprint density at radius 2 is 2.29 bits per heavy atom. The minimum absolute atomic E-state index is 0.127. The predicted octanol–water partition coefficient (Wildman–Crippen LogP) is 2.30. The van der Waals surface area contributed by atoms with E-state index in [2.05, 4.69) is 33.5 Å². The highest BCUT2D eigenvalue weighted by atomic mass is 79.9. The van der Waals surface area contributed by atoms with Gasteiger partial charge >= 0.3 is 0 Å². The molecule has 0 aromatic heterocycles. The van der Waals surface area contributed by atoms with Crippen molar-refractivity contribution in [2.24, 2.45) is 0 Å². The summed E-state index contributed by atoms with van der Waals surface area (Å²) in [5.41, 5.74) is 1.73. The van der Waals surface area contributed by atoms with Gasteiger partial charge in [0.1, 0.15) is 0 Å². The maximum atomic E-state index is 8.96. The molecule has 0 aliphatic rings. The summed E-state index contributed by atoms with van der Waals surface area (Å²) in [4.78, 5) is 2.08. The Morgan fingerprint density at radius 1 is 1.53 bits per heavy atom. The first-order valence-corrected chi connectivity index (χ1v) is 6.13. The van der Waals surface area contributed by atoms with E-state index in [4.69, 9.17) is 10.4 Å². The normalized spacial score (nSPS) is 10.2. The Hall–Kier alpha value is -1.15. The highest BCUT2D eigenvalue weighted by Gasteiger charge is 2.07. The van der Waals surface area contributed by atoms with Crippen LogP contribution in [0.25, 0.3) is 0 Å². The van der Waals surface area contributed by atoms with Gasteiger partial charge in [-0.1, -0.05) is 28.1 Å². The molecule has 0 radical (unpaired) electrons. The second-order valence-corrected chi connectivity index (χ2v) is 4.52. The largest absolute Gasteiger partial charge is 0.395 e. The smallest absolute Gasteiger partial charge is 0.0992 e. The number of nitrogens with zero attached hydrogens (tertiary/aromatic N) is 2. The molecule has 0 aliphatic heterocycles. The molecule has 3 nitrogen and oxygen atoms in total. The zero-order valence-corrected chi connectivity index (χ0v) is 11.2. The van der Waals surface area contributed by atoms with Gasteiger partial charge in [-0.2, -0.15) is 5.26 Å². The molecule has 0 saturated carbocycles. The van der Waals surface area contributed by atoms with Crippen molar-refractivity contribution in [3.63, 3.8) is 0 Å². The summed E-state index contributed by atoms with van der Waals surface area (Å²) >= 11 is 3.45. The van der Waals surface area contributed by atoms with Gasteiger partial charge in [-0.3, -0.25) is 4.90 Å². The molecule has 1 rings (SSSR count). The average Bonchev–Trinajstić information content (AvgIpc) is 2.32. The number of nitriles is 1. The van der Waals surface area contributed by atoms with E-state index in [1.54, 1.807) is 12.1 Å². The van der Waals surface area contributed by atoms with Crippen LogP contribution < -0.4 is 0 Å². The van der Waals surface area contributed by atoms with E-state index in [1.165, 1.54) is 0 Å². The molecule has 0 bridgehead atoms. The van der Waals surface area contributed by atoms with E-state index in [0.29, 0.717) is 12.1 Å². The first-order chi connectivity index (χ1) is 8.21. The fraction of sp³-hybridized carbons (Fsp3) is 0.308. The maximum Gasteiger partial charge on any atom is 0.0992 e. The summed E-state index contributed by atoms with van der Waals surface area (Å²) in [5, 5.41) is 17.7. The Balaban J connectivity index is 2.78. The van der Waals surface area contributed by atoms with Crippen LogP contribution in [0.1, 0.15) is 11.1 Å². The van der Waals surface area contributed by atoms with Crippen molar-refractivity contribution in [3.05, 3.63) is 46.5 Å². The second kappa shape index (κ2) is 7.23. The molecule has 0 fully saturated rings. The summed E-state index contributed by atoms with van der Waals surface area (Å²) in [6.45, 7) is 5.88. The van der Waals surface area contributed by atoms with Crippen molar-refractivity contribution in [1.29, 1.82) is 5.26 Å². The van der Waals surface area contributed by atoms with Gasteiger partial charge in [0.05, 0.1) is 18.2 Å². The maximum absolute atomic E-state index is 8.96. The monoisotopic (exact) mass is 294 g/mol. The number of aliphatic hydroxyl groups excluding tert-OH is 1. The van der Waals surface area contributed by atoms with Gasteiger partial charge in [0.15, 0.2) is 0 Å². The third kappa shape index (κ3) is 4.31. The number of hydrogen-bond donors (Lipinski definition) is 1. The van der Waals surface area contributed by atoms with E-state index in [0.717, 1.165) is 23.1 Å². The third-order valence-electron chi connectivity index (χ3n) is 2.38. The van der Waals surface area contributed by atoms with Gasteiger partial charge in [0, 0.05) is 24.1 Å². The summed E-state index contributed by atoms with van der Waals surface area (Å²) in [6.07, 6.45) is 1.81. The fourth-order valence-corrected chi connectivity index (χ4v) is 2.05. The molecule has 0 unspecified atom stereocenters. The van der Waals surface area contributed by atoms with Crippen LogP contribution in [0.5, 0.6) is 0 Å². The van der Waals surface area contributed by atoms with Gasteiger partial charge in [-0.05, 0) is 17.7 Å². The molecule has 1 N–H and O–H groups in total. The molecule has 0 atom stereocenters. The van der Waals surface area contributed by atoms with E-state index in [-0.39, 0.29) is 6.61 Å². The zero-order chi connectivity index (χ0) is 12.7. The molecule has 0 aliphatic carbocycles. The van der Waals surface area contributed by atoms with E-state index in [9.17, 15) is 0 Å². The van der Waals surface area contributed by atoms with Crippen molar-refractivity contribution in [1.82, 2.24) is 4.90 Å². The Labute approximate surface area is 110 Å². The molecule has 17 heavy (non-hydrogen) atoms. The van der Waals surface area contributed by atoms with Gasteiger partial charge in [0.25, 0.3) is 0 Å². The number of hydrogen-bond acceptors (Lipinski definition) is 3. The van der Waals surface area contributed by atoms with Crippen LogP contribution in [0.4, 0.5) is 0 Å². The van der Waals surface area contributed by atoms with E-state index < -0.39 is 0 Å². The third-order valence-corrected chi connectivity index (χ3v) is 3.12. The molecule has 0 amide bonds. The molecular weight excluding hydrogens is 280 g/mol.